The van der Waals surface area contributed by atoms with Crippen molar-refractivity contribution in [3.8, 4) is 0 Å². The third-order valence-corrected chi connectivity index (χ3v) is 4.74. The maximum absolute atomic E-state index is 3.33. The highest BCUT2D eigenvalue weighted by Gasteiger charge is 2.28. The van der Waals surface area contributed by atoms with Gasteiger partial charge < -0.3 is 5.32 Å². The Morgan fingerprint density at radius 1 is 1.53 bits per heavy atom. The Labute approximate surface area is 99.2 Å². The van der Waals surface area contributed by atoms with E-state index in [4.69, 9.17) is 0 Å². The van der Waals surface area contributed by atoms with Gasteiger partial charge in [0.25, 0.3) is 0 Å². The highest BCUT2D eigenvalue weighted by molar-refractivity contribution is 7.99. The molecule has 0 aliphatic carbocycles. The fraction of sp³-hybridized carbons (Fsp3) is 1.00. The van der Waals surface area contributed by atoms with E-state index in [0.717, 1.165) is 12.6 Å². The maximum Gasteiger partial charge on any atom is 0.0158 e. The van der Waals surface area contributed by atoms with Crippen molar-refractivity contribution in [2.75, 3.05) is 38.2 Å². The van der Waals surface area contributed by atoms with Crippen molar-refractivity contribution < 1.29 is 0 Å². The fourth-order valence-electron chi connectivity index (χ4n) is 2.21. The molecule has 0 radical (unpaired) electrons. The highest BCUT2D eigenvalue weighted by atomic mass is 32.2. The molecule has 2 nitrogen and oxygen atoms in total. The Balaban J connectivity index is 2.49. The summed E-state index contributed by atoms with van der Waals surface area (Å²) in [5.74, 6) is 2.61. The summed E-state index contributed by atoms with van der Waals surface area (Å²) in [6.45, 7) is 10.7. The first-order valence-corrected chi connectivity index (χ1v) is 7.23. The number of thioether (sulfide) groups is 1. The lowest BCUT2D eigenvalue weighted by atomic mass is 9.86. The molecule has 0 amide bonds. The normalized spacial score (nSPS) is 27.6. The topological polar surface area (TPSA) is 15.3 Å². The SMILES string of the molecule is CCC(C)(CNC)CN1CCSCC1C. The van der Waals surface area contributed by atoms with E-state index in [1.54, 1.807) is 0 Å². The lowest BCUT2D eigenvalue weighted by Gasteiger charge is -2.40. The lowest BCUT2D eigenvalue weighted by molar-refractivity contribution is 0.134. The summed E-state index contributed by atoms with van der Waals surface area (Å²) in [4.78, 5) is 2.66. The van der Waals surface area contributed by atoms with E-state index in [-0.39, 0.29) is 0 Å². The van der Waals surface area contributed by atoms with Gasteiger partial charge in [-0.25, -0.2) is 0 Å². The highest BCUT2D eigenvalue weighted by Crippen LogP contribution is 2.25. The first-order valence-electron chi connectivity index (χ1n) is 6.07. The van der Waals surface area contributed by atoms with Gasteiger partial charge in [-0.1, -0.05) is 13.8 Å². The van der Waals surface area contributed by atoms with Gasteiger partial charge in [-0.2, -0.15) is 11.8 Å². The van der Waals surface area contributed by atoms with E-state index in [9.17, 15) is 0 Å². The van der Waals surface area contributed by atoms with Crippen LogP contribution in [-0.2, 0) is 0 Å². The molecule has 1 aliphatic rings. The van der Waals surface area contributed by atoms with Gasteiger partial charge >= 0.3 is 0 Å². The maximum atomic E-state index is 3.33. The van der Waals surface area contributed by atoms with Gasteiger partial charge in [-0.05, 0) is 25.8 Å². The third kappa shape index (κ3) is 3.97. The van der Waals surface area contributed by atoms with Crippen LogP contribution < -0.4 is 5.32 Å². The van der Waals surface area contributed by atoms with Gasteiger partial charge in [0, 0.05) is 37.2 Å². The van der Waals surface area contributed by atoms with Gasteiger partial charge in [-0.15, -0.1) is 0 Å². The summed E-state index contributed by atoms with van der Waals surface area (Å²) in [5.41, 5.74) is 0.436. The van der Waals surface area contributed by atoms with E-state index in [1.165, 1.54) is 31.0 Å². The van der Waals surface area contributed by atoms with Crippen LogP contribution in [-0.4, -0.2) is 49.1 Å². The van der Waals surface area contributed by atoms with Crippen LogP contribution in [0.1, 0.15) is 27.2 Å². The minimum Gasteiger partial charge on any atom is -0.319 e. The molecular weight excluding hydrogens is 204 g/mol. The molecule has 1 saturated heterocycles. The number of rotatable bonds is 5. The van der Waals surface area contributed by atoms with Gasteiger partial charge in [0.05, 0.1) is 0 Å². The molecule has 1 rings (SSSR count). The molecule has 2 atom stereocenters. The zero-order chi connectivity index (χ0) is 11.3. The predicted octanol–water partition coefficient (Wildman–Crippen LogP) is 2.06. The van der Waals surface area contributed by atoms with Crippen LogP contribution in [0, 0.1) is 5.41 Å². The van der Waals surface area contributed by atoms with Crippen molar-refractivity contribution in [2.45, 2.75) is 33.2 Å². The molecule has 0 saturated carbocycles. The average Bonchev–Trinajstić information content (AvgIpc) is 2.22. The zero-order valence-corrected chi connectivity index (χ0v) is 11.5. The Bertz CT molecular complexity index is 186. The molecule has 0 aromatic carbocycles. The Hall–Kier alpha value is 0.270. The first-order chi connectivity index (χ1) is 7.11. The number of nitrogens with one attached hydrogen (secondary N) is 1. The van der Waals surface area contributed by atoms with E-state index in [0.29, 0.717) is 5.41 Å². The molecule has 1 aliphatic heterocycles. The molecule has 0 spiro atoms. The second-order valence-electron chi connectivity index (χ2n) is 5.09. The number of nitrogens with zero attached hydrogens (tertiary/aromatic N) is 1. The van der Waals surface area contributed by atoms with Gasteiger partial charge in [0.2, 0.25) is 0 Å². The second-order valence-corrected chi connectivity index (χ2v) is 6.24. The van der Waals surface area contributed by atoms with Crippen LogP contribution in [0.4, 0.5) is 0 Å². The molecular formula is C12H26N2S. The van der Waals surface area contributed by atoms with Gasteiger partial charge in [-0.3, -0.25) is 4.90 Å². The summed E-state index contributed by atoms with van der Waals surface area (Å²) >= 11 is 2.10. The van der Waals surface area contributed by atoms with Crippen LogP contribution in [0.15, 0.2) is 0 Å². The van der Waals surface area contributed by atoms with Crippen LogP contribution in [0.2, 0.25) is 0 Å². The van der Waals surface area contributed by atoms with Crippen molar-refractivity contribution in [1.82, 2.24) is 10.2 Å². The van der Waals surface area contributed by atoms with Crippen molar-refractivity contribution in [3.05, 3.63) is 0 Å². The molecule has 2 unspecified atom stereocenters. The summed E-state index contributed by atoms with van der Waals surface area (Å²) in [7, 11) is 2.06. The van der Waals surface area contributed by atoms with Crippen LogP contribution >= 0.6 is 11.8 Å². The molecule has 1 N–H and O–H groups in total. The number of hydrogen-bond donors (Lipinski definition) is 1. The average molecular weight is 230 g/mol. The van der Waals surface area contributed by atoms with Crippen molar-refractivity contribution >= 4 is 11.8 Å². The van der Waals surface area contributed by atoms with Gasteiger partial charge in [0.1, 0.15) is 0 Å². The summed E-state index contributed by atoms with van der Waals surface area (Å²) in [6.07, 6.45) is 1.25. The lowest BCUT2D eigenvalue weighted by Crippen LogP contribution is -2.48. The van der Waals surface area contributed by atoms with Crippen LogP contribution in [0.5, 0.6) is 0 Å². The Kier molecular flexibility index (Phi) is 5.44. The van der Waals surface area contributed by atoms with E-state index >= 15 is 0 Å². The smallest absolute Gasteiger partial charge is 0.0158 e. The molecule has 0 aromatic heterocycles. The largest absolute Gasteiger partial charge is 0.319 e. The van der Waals surface area contributed by atoms with Gasteiger partial charge in [0.15, 0.2) is 0 Å². The van der Waals surface area contributed by atoms with E-state index in [1.807, 2.05) is 0 Å². The number of hydrogen-bond acceptors (Lipinski definition) is 3. The van der Waals surface area contributed by atoms with E-state index < -0.39 is 0 Å². The molecule has 3 heteroatoms. The predicted molar refractivity (Wildman–Crippen MR) is 70.7 cm³/mol. The minimum atomic E-state index is 0.436. The van der Waals surface area contributed by atoms with Crippen molar-refractivity contribution in [3.63, 3.8) is 0 Å². The fourth-order valence-corrected chi connectivity index (χ4v) is 3.29. The summed E-state index contributed by atoms with van der Waals surface area (Å²) in [6, 6.07) is 0.756. The monoisotopic (exact) mass is 230 g/mol. The summed E-state index contributed by atoms with van der Waals surface area (Å²) in [5, 5.41) is 3.33. The molecule has 1 fully saturated rings. The Morgan fingerprint density at radius 2 is 2.27 bits per heavy atom. The van der Waals surface area contributed by atoms with Crippen molar-refractivity contribution in [1.29, 1.82) is 0 Å². The zero-order valence-electron chi connectivity index (χ0n) is 10.7. The Morgan fingerprint density at radius 3 is 2.80 bits per heavy atom. The quantitative estimate of drug-likeness (QED) is 0.778. The third-order valence-electron chi connectivity index (χ3n) is 3.55. The first kappa shape index (κ1) is 13.3. The van der Waals surface area contributed by atoms with Crippen LogP contribution in [0.25, 0.3) is 0 Å². The van der Waals surface area contributed by atoms with E-state index in [2.05, 4.69) is 49.8 Å². The molecule has 0 bridgehead atoms. The molecule has 1 heterocycles. The van der Waals surface area contributed by atoms with Crippen molar-refractivity contribution in [2.24, 2.45) is 5.41 Å². The second kappa shape index (κ2) is 6.12. The standard InChI is InChI=1S/C12H26N2S/c1-5-12(3,9-13-4)10-14-6-7-15-8-11(14)2/h11,13H,5-10H2,1-4H3. The minimum absolute atomic E-state index is 0.436. The molecule has 90 valence electrons. The van der Waals surface area contributed by atoms with Crippen LogP contribution in [0.3, 0.4) is 0 Å². The molecule has 0 aromatic rings. The summed E-state index contributed by atoms with van der Waals surface area (Å²) < 4.78 is 0. The molecule has 15 heavy (non-hydrogen) atoms.